The molecule has 0 aliphatic rings. The van der Waals surface area contributed by atoms with Gasteiger partial charge in [0.2, 0.25) is 0 Å². The highest BCUT2D eigenvalue weighted by Gasteiger charge is 2.10. The van der Waals surface area contributed by atoms with Crippen LogP contribution in [0.2, 0.25) is 0 Å². The monoisotopic (exact) mass is 291 g/mol. The van der Waals surface area contributed by atoms with Gasteiger partial charge in [0.05, 0.1) is 16.8 Å². The van der Waals surface area contributed by atoms with Gasteiger partial charge in [-0.05, 0) is 25.1 Å². The van der Waals surface area contributed by atoms with E-state index < -0.39 is 0 Å². The van der Waals surface area contributed by atoms with Crippen molar-refractivity contribution >= 4 is 32.9 Å². The van der Waals surface area contributed by atoms with Crippen LogP contribution in [0.4, 0.5) is 0 Å². The molecule has 2 heterocycles. The minimum atomic E-state index is 0.476. The lowest BCUT2D eigenvalue weighted by molar-refractivity contribution is 0.341. The van der Waals surface area contributed by atoms with Crippen LogP contribution in [-0.2, 0) is 6.54 Å². The molecule has 6 heteroatoms. The zero-order valence-corrected chi connectivity index (χ0v) is 12.1. The first-order valence-corrected chi connectivity index (χ1v) is 7.68. The summed E-state index contributed by atoms with van der Waals surface area (Å²) >= 11 is 3.20. The second-order valence-electron chi connectivity index (χ2n) is 3.91. The summed E-state index contributed by atoms with van der Waals surface area (Å²) in [6, 6.07) is 5.95. The Balaban J connectivity index is 2.00. The number of benzene rings is 1. The van der Waals surface area contributed by atoms with Gasteiger partial charge in [-0.1, -0.05) is 0 Å². The Morgan fingerprint density at radius 2 is 2.21 bits per heavy atom. The van der Waals surface area contributed by atoms with Crippen molar-refractivity contribution in [3.63, 3.8) is 0 Å². The van der Waals surface area contributed by atoms with Gasteiger partial charge in [0.25, 0.3) is 0 Å². The molecule has 2 N–H and O–H groups in total. The van der Waals surface area contributed by atoms with Gasteiger partial charge in [0.15, 0.2) is 0 Å². The molecule has 19 heavy (non-hydrogen) atoms. The number of nitrogens with zero attached hydrogens (tertiary/aromatic N) is 2. The zero-order chi connectivity index (χ0) is 13.2. The molecule has 1 aromatic carbocycles. The molecule has 3 rings (SSSR count). The molecule has 98 valence electrons. The van der Waals surface area contributed by atoms with Gasteiger partial charge in [-0.2, -0.15) is 0 Å². The summed E-state index contributed by atoms with van der Waals surface area (Å²) < 4.78 is 6.61. The minimum Gasteiger partial charge on any atom is -0.494 e. The highest BCUT2D eigenvalue weighted by atomic mass is 32.1. The third-order valence-electron chi connectivity index (χ3n) is 2.62. The minimum absolute atomic E-state index is 0.476. The Labute approximate surface area is 118 Å². The molecule has 4 nitrogen and oxygen atoms in total. The average Bonchev–Trinajstić information content (AvgIpc) is 3.04. The van der Waals surface area contributed by atoms with Crippen LogP contribution >= 0.6 is 22.7 Å². The number of rotatable bonds is 4. The molecule has 0 spiro atoms. The summed E-state index contributed by atoms with van der Waals surface area (Å²) in [4.78, 5) is 9.06. The maximum atomic E-state index is 5.58. The number of aromatic nitrogens is 2. The van der Waals surface area contributed by atoms with Crippen molar-refractivity contribution < 1.29 is 4.74 Å². The molecule has 0 atom stereocenters. The highest BCUT2D eigenvalue weighted by molar-refractivity contribution is 7.22. The highest BCUT2D eigenvalue weighted by Crippen LogP contribution is 2.32. The first kappa shape index (κ1) is 12.5. The Bertz CT molecular complexity index is 705. The molecular weight excluding hydrogens is 278 g/mol. The fourth-order valence-corrected chi connectivity index (χ4v) is 3.46. The van der Waals surface area contributed by atoms with E-state index in [4.69, 9.17) is 10.5 Å². The SMILES string of the molecule is CCOc1ccc2nc(-c3csc(CN)n3)sc2c1. The summed E-state index contributed by atoms with van der Waals surface area (Å²) in [6.45, 7) is 3.12. The lowest BCUT2D eigenvalue weighted by atomic mass is 10.3. The van der Waals surface area contributed by atoms with Gasteiger partial charge >= 0.3 is 0 Å². The number of nitrogens with two attached hydrogens (primary N) is 1. The van der Waals surface area contributed by atoms with E-state index in [2.05, 4.69) is 9.97 Å². The van der Waals surface area contributed by atoms with Crippen LogP contribution in [0, 0.1) is 0 Å². The molecule has 3 aromatic rings. The number of ether oxygens (including phenoxy) is 1. The topological polar surface area (TPSA) is 61.0 Å². The van der Waals surface area contributed by atoms with E-state index in [0.717, 1.165) is 31.7 Å². The quantitative estimate of drug-likeness (QED) is 0.801. The summed E-state index contributed by atoms with van der Waals surface area (Å²) in [5.74, 6) is 0.881. The van der Waals surface area contributed by atoms with E-state index in [1.54, 1.807) is 22.7 Å². The van der Waals surface area contributed by atoms with E-state index in [1.807, 2.05) is 30.5 Å². The van der Waals surface area contributed by atoms with Crippen molar-refractivity contribution in [2.45, 2.75) is 13.5 Å². The van der Waals surface area contributed by atoms with Crippen molar-refractivity contribution in [3.05, 3.63) is 28.6 Å². The average molecular weight is 291 g/mol. The van der Waals surface area contributed by atoms with Gasteiger partial charge in [-0.25, -0.2) is 9.97 Å². The second kappa shape index (κ2) is 5.24. The van der Waals surface area contributed by atoms with Gasteiger partial charge in [-0.3, -0.25) is 0 Å². The van der Waals surface area contributed by atoms with Crippen LogP contribution in [0.25, 0.3) is 20.9 Å². The summed E-state index contributed by atoms with van der Waals surface area (Å²) in [5.41, 5.74) is 7.47. The predicted octanol–water partition coefficient (Wildman–Crippen LogP) is 3.28. The zero-order valence-electron chi connectivity index (χ0n) is 10.4. The van der Waals surface area contributed by atoms with Gasteiger partial charge in [-0.15, -0.1) is 22.7 Å². The molecule has 0 aliphatic carbocycles. The maximum Gasteiger partial charge on any atom is 0.143 e. The third kappa shape index (κ3) is 2.47. The predicted molar refractivity (Wildman–Crippen MR) is 79.8 cm³/mol. The number of thiazole rings is 2. The molecule has 0 fully saturated rings. The Morgan fingerprint density at radius 3 is 2.95 bits per heavy atom. The van der Waals surface area contributed by atoms with Crippen LogP contribution in [0.15, 0.2) is 23.6 Å². The molecule has 0 bridgehead atoms. The molecule has 2 aromatic heterocycles. The van der Waals surface area contributed by atoms with Crippen molar-refractivity contribution in [2.24, 2.45) is 5.73 Å². The summed E-state index contributed by atoms with van der Waals surface area (Å²) in [7, 11) is 0. The Kier molecular flexibility index (Phi) is 3.46. The van der Waals surface area contributed by atoms with Crippen LogP contribution in [0.5, 0.6) is 5.75 Å². The van der Waals surface area contributed by atoms with Crippen molar-refractivity contribution in [2.75, 3.05) is 6.61 Å². The lowest BCUT2D eigenvalue weighted by Gasteiger charge is -2.00. The molecule has 0 saturated heterocycles. The van der Waals surface area contributed by atoms with Crippen molar-refractivity contribution in [1.29, 1.82) is 0 Å². The fourth-order valence-electron chi connectivity index (χ4n) is 1.77. The van der Waals surface area contributed by atoms with Crippen LogP contribution < -0.4 is 10.5 Å². The lowest BCUT2D eigenvalue weighted by Crippen LogP contribution is -1.94. The van der Waals surface area contributed by atoms with E-state index in [9.17, 15) is 0 Å². The fraction of sp³-hybridized carbons (Fsp3) is 0.231. The number of hydrogen-bond donors (Lipinski definition) is 1. The second-order valence-corrected chi connectivity index (χ2v) is 5.89. The van der Waals surface area contributed by atoms with Crippen molar-refractivity contribution in [3.8, 4) is 16.5 Å². The first-order chi connectivity index (χ1) is 9.30. The number of hydrogen-bond acceptors (Lipinski definition) is 6. The molecule has 0 aliphatic heterocycles. The smallest absolute Gasteiger partial charge is 0.143 e. The Hall–Kier alpha value is -1.50. The standard InChI is InChI=1S/C13H13N3OS2/c1-2-17-8-3-4-9-11(5-8)19-13(16-9)10-7-18-12(6-14)15-10/h3-5,7H,2,6,14H2,1H3. The van der Waals surface area contributed by atoms with Crippen LogP contribution in [-0.4, -0.2) is 16.6 Å². The molecule has 0 unspecified atom stereocenters. The van der Waals surface area contributed by atoms with Gasteiger partial charge < -0.3 is 10.5 Å². The summed E-state index contributed by atoms with van der Waals surface area (Å²) in [5, 5.41) is 3.87. The molecule has 0 saturated carbocycles. The Morgan fingerprint density at radius 1 is 1.32 bits per heavy atom. The third-order valence-corrected chi connectivity index (χ3v) is 4.53. The number of fused-ring (bicyclic) bond motifs is 1. The van der Waals surface area contributed by atoms with Crippen molar-refractivity contribution in [1.82, 2.24) is 9.97 Å². The van der Waals surface area contributed by atoms with Crippen LogP contribution in [0.3, 0.4) is 0 Å². The van der Waals surface area contributed by atoms with E-state index in [0.29, 0.717) is 13.2 Å². The maximum absolute atomic E-state index is 5.58. The van der Waals surface area contributed by atoms with Gasteiger partial charge in [0.1, 0.15) is 21.5 Å². The van der Waals surface area contributed by atoms with Gasteiger partial charge in [0, 0.05) is 11.9 Å². The molecular formula is C13H13N3OS2. The normalized spacial score (nSPS) is 11.1. The van der Waals surface area contributed by atoms with E-state index in [-0.39, 0.29) is 0 Å². The van der Waals surface area contributed by atoms with E-state index in [1.165, 1.54) is 0 Å². The summed E-state index contributed by atoms with van der Waals surface area (Å²) in [6.07, 6.45) is 0. The molecule has 0 amide bonds. The largest absolute Gasteiger partial charge is 0.494 e. The van der Waals surface area contributed by atoms with Crippen LogP contribution in [0.1, 0.15) is 11.9 Å². The van der Waals surface area contributed by atoms with E-state index >= 15 is 0 Å². The first-order valence-electron chi connectivity index (χ1n) is 5.98. The molecule has 0 radical (unpaired) electrons.